The molecular weight excluding hydrogens is 248 g/mol. The summed E-state index contributed by atoms with van der Waals surface area (Å²) in [7, 11) is -0.812. The molecule has 0 saturated heterocycles. The fourth-order valence-electron chi connectivity index (χ4n) is 3.41. The minimum atomic E-state index is -0.812. The van der Waals surface area contributed by atoms with Crippen LogP contribution in [0.2, 0.25) is 0 Å². The SMILES string of the molecule is CC(CCNC(=O)C1C2CCC(C2)C1N)S(C)=O. The quantitative estimate of drug-likeness (QED) is 0.771. The fraction of sp³-hybridized carbons (Fsp3) is 0.923. The zero-order chi connectivity index (χ0) is 13.3. The van der Waals surface area contributed by atoms with Gasteiger partial charge in [-0.05, 0) is 37.5 Å². The molecule has 6 atom stereocenters. The fourth-order valence-corrected chi connectivity index (χ4v) is 3.86. The van der Waals surface area contributed by atoms with Crippen LogP contribution in [-0.4, -0.2) is 34.2 Å². The zero-order valence-corrected chi connectivity index (χ0v) is 12.0. The summed E-state index contributed by atoms with van der Waals surface area (Å²) >= 11 is 0. The van der Waals surface area contributed by atoms with Crippen LogP contribution in [0.1, 0.15) is 32.6 Å². The van der Waals surface area contributed by atoms with E-state index in [0.29, 0.717) is 18.4 Å². The maximum Gasteiger partial charge on any atom is 0.224 e. The molecule has 0 heterocycles. The summed E-state index contributed by atoms with van der Waals surface area (Å²) in [6.45, 7) is 2.56. The highest BCUT2D eigenvalue weighted by molar-refractivity contribution is 7.84. The Morgan fingerprint density at radius 3 is 2.67 bits per heavy atom. The molecule has 2 rings (SSSR count). The predicted octanol–water partition coefficient (Wildman–Crippen LogP) is 0.633. The lowest BCUT2D eigenvalue weighted by atomic mass is 9.84. The lowest BCUT2D eigenvalue weighted by Gasteiger charge is -2.27. The van der Waals surface area contributed by atoms with E-state index in [0.717, 1.165) is 19.3 Å². The minimum absolute atomic E-state index is 0.0196. The van der Waals surface area contributed by atoms with Crippen LogP contribution >= 0.6 is 0 Å². The normalized spacial score (nSPS) is 37.5. The average Bonchev–Trinajstić information content (AvgIpc) is 2.88. The lowest BCUT2D eigenvalue weighted by Crippen LogP contribution is -2.45. The smallest absolute Gasteiger partial charge is 0.224 e. The first-order chi connectivity index (χ1) is 8.50. The standard InChI is InChI=1S/C13H24N2O2S/c1-8(18(2)17)5-6-15-13(16)11-9-3-4-10(7-9)12(11)14/h8-12H,3-7,14H2,1-2H3,(H,15,16). The van der Waals surface area contributed by atoms with Crippen molar-refractivity contribution in [3.8, 4) is 0 Å². The van der Waals surface area contributed by atoms with Crippen LogP contribution in [-0.2, 0) is 15.6 Å². The molecule has 104 valence electrons. The summed E-state index contributed by atoms with van der Waals surface area (Å²) in [5.74, 6) is 1.20. The van der Waals surface area contributed by atoms with Gasteiger partial charge in [0.1, 0.15) is 0 Å². The van der Waals surface area contributed by atoms with Crippen LogP contribution in [0.5, 0.6) is 0 Å². The van der Waals surface area contributed by atoms with E-state index in [1.54, 1.807) is 6.26 Å². The second kappa shape index (κ2) is 5.70. The van der Waals surface area contributed by atoms with E-state index >= 15 is 0 Å². The van der Waals surface area contributed by atoms with E-state index in [1.807, 2.05) is 6.92 Å². The molecule has 1 amide bonds. The Labute approximate surface area is 112 Å². The van der Waals surface area contributed by atoms with Gasteiger partial charge >= 0.3 is 0 Å². The van der Waals surface area contributed by atoms with Crippen LogP contribution in [0.3, 0.4) is 0 Å². The summed E-state index contributed by atoms with van der Waals surface area (Å²) in [5, 5.41) is 3.11. The van der Waals surface area contributed by atoms with Crippen molar-refractivity contribution in [2.45, 2.75) is 43.9 Å². The van der Waals surface area contributed by atoms with Crippen molar-refractivity contribution in [3.05, 3.63) is 0 Å². The van der Waals surface area contributed by atoms with Gasteiger partial charge in [-0.25, -0.2) is 0 Å². The third kappa shape index (κ3) is 2.77. The van der Waals surface area contributed by atoms with Gasteiger partial charge in [-0.15, -0.1) is 0 Å². The predicted molar refractivity (Wildman–Crippen MR) is 73.5 cm³/mol. The maximum absolute atomic E-state index is 12.1. The molecule has 0 aromatic heterocycles. The first-order valence-electron chi connectivity index (χ1n) is 6.86. The second-order valence-electron chi connectivity index (χ2n) is 5.83. The van der Waals surface area contributed by atoms with Gasteiger partial charge in [0.25, 0.3) is 0 Å². The van der Waals surface area contributed by atoms with E-state index in [1.165, 1.54) is 6.42 Å². The molecule has 6 unspecified atom stereocenters. The van der Waals surface area contributed by atoms with Gasteiger partial charge in [0, 0.05) is 34.9 Å². The molecule has 0 aromatic rings. The molecule has 2 aliphatic carbocycles. The third-order valence-electron chi connectivity index (χ3n) is 4.70. The van der Waals surface area contributed by atoms with Crippen LogP contribution < -0.4 is 11.1 Å². The molecular formula is C13H24N2O2S. The Morgan fingerprint density at radius 2 is 2.11 bits per heavy atom. The van der Waals surface area contributed by atoms with E-state index < -0.39 is 10.8 Å². The Bertz CT molecular complexity index is 346. The van der Waals surface area contributed by atoms with Gasteiger partial charge < -0.3 is 11.1 Å². The van der Waals surface area contributed by atoms with Gasteiger partial charge in [0.05, 0.1) is 5.92 Å². The second-order valence-corrected chi connectivity index (χ2v) is 7.63. The molecule has 2 bridgehead atoms. The van der Waals surface area contributed by atoms with Crippen molar-refractivity contribution in [1.29, 1.82) is 0 Å². The maximum atomic E-state index is 12.1. The summed E-state index contributed by atoms with van der Waals surface area (Å²) < 4.78 is 11.2. The monoisotopic (exact) mass is 272 g/mol. The number of nitrogens with two attached hydrogens (primary N) is 1. The molecule has 0 radical (unpaired) electrons. The molecule has 2 saturated carbocycles. The number of rotatable bonds is 5. The lowest BCUT2D eigenvalue weighted by molar-refractivity contribution is -0.127. The number of nitrogens with one attached hydrogen (secondary N) is 1. The molecule has 0 spiro atoms. The summed E-state index contributed by atoms with van der Waals surface area (Å²) in [5.41, 5.74) is 6.14. The Kier molecular flexibility index (Phi) is 4.43. The molecule has 0 aliphatic heterocycles. The van der Waals surface area contributed by atoms with Crippen molar-refractivity contribution in [1.82, 2.24) is 5.32 Å². The number of carbonyl (C=O) groups excluding carboxylic acids is 1. The summed E-state index contributed by atoms with van der Waals surface area (Å²) in [6, 6.07) is 0.0569. The van der Waals surface area contributed by atoms with Crippen LogP contribution in [0.15, 0.2) is 0 Å². The first-order valence-corrected chi connectivity index (χ1v) is 8.48. The van der Waals surface area contributed by atoms with Gasteiger partial charge in [0.15, 0.2) is 0 Å². The van der Waals surface area contributed by atoms with Crippen molar-refractivity contribution >= 4 is 16.7 Å². The highest BCUT2D eigenvalue weighted by atomic mass is 32.2. The van der Waals surface area contributed by atoms with Crippen molar-refractivity contribution in [2.24, 2.45) is 23.5 Å². The molecule has 2 fully saturated rings. The van der Waals surface area contributed by atoms with Gasteiger partial charge in [-0.3, -0.25) is 9.00 Å². The average molecular weight is 272 g/mol. The number of carbonyl (C=O) groups is 1. The van der Waals surface area contributed by atoms with E-state index in [-0.39, 0.29) is 23.1 Å². The Hall–Kier alpha value is -0.420. The van der Waals surface area contributed by atoms with Gasteiger partial charge in [-0.1, -0.05) is 6.92 Å². The van der Waals surface area contributed by atoms with Gasteiger partial charge in [-0.2, -0.15) is 0 Å². The largest absolute Gasteiger partial charge is 0.356 e. The summed E-state index contributed by atoms with van der Waals surface area (Å²) in [4.78, 5) is 12.1. The van der Waals surface area contributed by atoms with E-state index in [4.69, 9.17) is 5.73 Å². The Morgan fingerprint density at radius 1 is 1.44 bits per heavy atom. The summed E-state index contributed by atoms with van der Waals surface area (Å²) in [6.07, 6.45) is 5.96. The highest BCUT2D eigenvalue weighted by Crippen LogP contribution is 2.47. The topological polar surface area (TPSA) is 72.2 Å². The van der Waals surface area contributed by atoms with Crippen LogP contribution in [0.4, 0.5) is 0 Å². The first kappa shape index (κ1) is 14.0. The zero-order valence-electron chi connectivity index (χ0n) is 11.2. The third-order valence-corrected chi connectivity index (χ3v) is 6.07. The minimum Gasteiger partial charge on any atom is -0.356 e. The number of hydrogen-bond donors (Lipinski definition) is 2. The highest BCUT2D eigenvalue weighted by Gasteiger charge is 2.48. The molecule has 3 N–H and O–H groups in total. The number of fused-ring (bicyclic) bond motifs is 2. The van der Waals surface area contributed by atoms with E-state index in [2.05, 4.69) is 5.32 Å². The van der Waals surface area contributed by atoms with Crippen LogP contribution in [0.25, 0.3) is 0 Å². The number of amides is 1. The van der Waals surface area contributed by atoms with E-state index in [9.17, 15) is 9.00 Å². The molecule has 18 heavy (non-hydrogen) atoms. The molecule has 0 aromatic carbocycles. The van der Waals surface area contributed by atoms with Crippen molar-refractivity contribution in [3.63, 3.8) is 0 Å². The Balaban J connectivity index is 1.77. The van der Waals surface area contributed by atoms with Crippen molar-refractivity contribution in [2.75, 3.05) is 12.8 Å². The molecule has 5 heteroatoms. The number of hydrogen-bond acceptors (Lipinski definition) is 3. The van der Waals surface area contributed by atoms with Crippen molar-refractivity contribution < 1.29 is 9.00 Å². The molecule has 4 nitrogen and oxygen atoms in total. The van der Waals surface area contributed by atoms with Crippen LogP contribution in [0, 0.1) is 17.8 Å². The molecule has 2 aliphatic rings. The van der Waals surface area contributed by atoms with Gasteiger partial charge in [0.2, 0.25) is 5.91 Å².